The van der Waals surface area contributed by atoms with Crippen molar-refractivity contribution in [1.82, 2.24) is 5.32 Å². The molecule has 0 bridgehead atoms. The van der Waals surface area contributed by atoms with Crippen molar-refractivity contribution in [1.29, 1.82) is 0 Å². The Kier molecular flexibility index (Phi) is 5.87. The van der Waals surface area contributed by atoms with Gasteiger partial charge in [-0.05, 0) is 29.3 Å². The number of hydrogen-bond donors (Lipinski definition) is 2. The van der Waals surface area contributed by atoms with E-state index in [9.17, 15) is 18.4 Å². The number of amides is 2. The average Bonchev–Trinajstić information content (AvgIpc) is 2.49. The van der Waals surface area contributed by atoms with E-state index in [1.807, 2.05) is 0 Å². The molecular formula is C17H15ClF2N2O2. The third-order valence-corrected chi connectivity index (χ3v) is 3.61. The first kappa shape index (κ1) is 17.9. The molecule has 126 valence electrons. The Labute approximate surface area is 142 Å². The summed E-state index contributed by atoms with van der Waals surface area (Å²) in [6.07, 6.45) is -0.168. The SMILES string of the molecule is NC(=O)[C@H](Cc1cccc(Cl)c1)NC(=O)Cc1ccc(F)cc1F. The third kappa shape index (κ3) is 5.03. The van der Waals surface area contributed by atoms with Crippen molar-refractivity contribution in [3.63, 3.8) is 0 Å². The predicted octanol–water partition coefficient (Wildman–Crippen LogP) is 2.37. The summed E-state index contributed by atoms with van der Waals surface area (Å²) in [6, 6.07) is 8.77. The van der Waals surface area contributed by atoms with Gasteiger partial charge in [-0.2, -0.15) is 0 Å². The Bertz CT molecular complexity index is 768. The Morgan fingerprint density at radius 2 is 1.92 bits per heavy atom. The molecule has 0 fully saturated rings. The number of halogens is 3. The molecule has 0 aliphatic heterocycles. The summed E-state index contributed by atoms with van der Waals surface area (Å²) in [6.45, 7) is 0. The van der Waals surface area contributed by atoms with Gasteiger partial charge >= 0.3 is 0 Å². The minimum atomic E-state index is -0.959. The van der Waals surface area contributed by atoms with Crippen molar-refractivity contribution in [3.05, 3.63) is 70.2 Å². The van der Waals surface area contributed by atoms with E-state index in [1.54, 1.807) is 24.3 Å². The van der Waals surface area contributed by atoms with E-state index in [0.717, 1.165) is 11.6 Å². The normalized spacial score (nSPS) is 11.8. The van der Waals surface area contributed by atoms with E-state index in [0.29, 0.717) is 11.1 Å². The monoisotopic (exact) mass is 352 g/mol. The van der Waals surface area contributed by atoms with Gasteiger partial charge in [-0.15, -0.1) is 0 Å². The van der Waals surface area contributed by atoms with Gasteiger partial charge in [-0.1, -0.05) is 29.8 Å². The van der Waals surface area contributed by atoms with E-state index < -0.39 is 29.5 Å². The van der Waals surface area contributed by atoms with Gasteiger partial charge in [0.05, 0.1) is 6.42 Å². The van der Waals surface area contributed by atoms with Gasteiger partial charge in [0, 0.05) is 17.5 Å². The number of benzene rings is 2. The number of hydrogen-bond acceptors (Lipinski definition) is 2. The first-order valence-electron chi connectivity index (χ1n) is 7.12. The molecule has 0 heterocycles. The molecule has 2 amide bonds. The molecule has 0 aromatic heterocycles. The number of rotatable bonds is 6. The maximum atomic E-state index is 13.6. The van der Waals surface area contributed by atoms with Gasteiger partial charge in [0.1, 0.15) is 17.7 Å². The van der Waals surface area contributed by atoms with Crippen LogP contribution in [-0.4, -0.2) is 17.9 Å². The molecule has 4 nitrogen and oxygen atoms in total. The fraction of sp³-hybridized carbons (Fsp3) is 0.176. The second-order valence-electron chi connectivity index (χ2n) is 5.27. The molecule has 0 spiro atoms. The molecular weight excluding hydrogens is 338 g/mol. The molecule has 0 saturated heterocycles. The maximum absolute atomic E-state index is 13.6. The molecule has 2 aromatic rings. The van der Waals surface area contributed by atoms with Crippen LogP contribution < -0.4 is 11.1 Å². The Hall–Kier alpha value is -2.47. The van der Waals surface area contributed by atoms with Crippen LogP contribution in [0.25, 0.3) is 0 Å². The van der Waals surface area contributed by atoms with Gasteiger partial charge in [0.15, 0.2) is 0 Å². The molecule has 1 atom stereocenters. The van der Waals surface area contributed by atoms with Crippen LogP contribution >= 0.6 is 11.6 Å². The Morgan fingerprint density at radius 3 is 2.54 bits per heavy atom. The van der Waals surface area contributed by atoms with Gasteiger partial charge in [-0.3, -0.25) is 9.59 Å². The maximum Gasteiger partial charge on any atom is 0.240 e. The molecule has 0 unspecified atom stereocenters. The van der Waals surface area contributed by atoms with Crippen LogP contribution in [-0.2, 0) is 22.4 Å². The first-order valence-corrected chi connectivity index (χ1v) is 7.50. The van der Waals surface area contributed by atoms with E-state index >= 15 is 0 Å². The average molecular weight is 353 g/mol. The zero-order valence-electron chi connectivity index (χ0n) is 12.6. The van der Waals surface area contributed by atoms with Gasteiger partial charge < -0.3 is 11.1 Å². The predicted molar refractivity (Wildman–Crippen MR) is 86.3 cm³/mol. The van der Waals surface area contributed by atoms with E-state index in [1.165, 1.54) is 6.07 Å². The molecule has 0 radical (unpaired) electrons. The van der Waals surface area contributed by atoms with Crippen LogP contribution in [0.4, 0.5) is 8.78 Å². The quantitative estimate of drug-likeness (QED) is 0.837. The topological polar surface area (TPSA) is 72.2 Å². The van der Waals surface area contributed by atoms with Gasteiger partial charge in [0.2, 0.25) is 11.8 Å². The van der Waals surface area contributed by atoms with Crippen LogP contribution in [0, 0.1) is 11.6 Å². The lowest BCUT2D eigenvalue weighted by molar-refractivity contribution is -0.127. The van der Waals surface area contributed by atoms with E-state index in [4.69, 9.17) is 17.3 Å². The summed E-state index contributed by atoms with van der Waals surface area (Å²) in [5, 5.41) is 2.95. The molecule has 0 saturated carbocycles. The second-order valence-corrected chi connectivity index (χ2v) is 5.71. The highest BCUT2D eigenvalue weighted by Gasteiger charge is 2.19. The lowest BCUT2D eigenvalue weighted by atomic mass is 10.0. The summed E-state index contributed by atoms with van der Waals surface area (Å²) >= 11 is 5.88. The molecule has 24 heavy (non-hydrogen) atoms. The number of nitrogens with one attached hydrogen (secondary N) is 1. The minimum Gasteiger partial charge on any atom is -0.368 e. The first-order chi connectivity index (χ1) is 11.3. The molecule has 2 rings (SSSR count). The summed E-state index contributed by atoms with van der Waals surface area (Å²) in [7, 11) is 0. The molecule has 3 N–H and O–H groups in total. The highest BCUT2D eigenvalue weighted by atomic mass is 35.5. The second kappa shape index (κ2) is 7.88. The van der Waals surface area contributed by atoms with Crippen molar-refractivity contribution in [2.24, 2.45) is 5.73 Å². The van der Waals surface area contributed by atoms with E-state index in [2.05, 4.69) is 5.32 Å². The lowest BCUT2D eigenvalue weighted by Gasteiger charge is -2.16. The van der Waals surface area contributed by atoms with Crippen molar-refractivity contribution in [3.8, 4) is 0 Å². The standard InChI is InChI=1S/C17H15ClF2N2O2/c18-12-3-1-2-10(6-12)7-15(17(21)24)22-16(23)8-11-4-5-13(19)9-14(11)20/h1-6,9,15H,7-8H2,(H2,21,24)(H,22,23)/t15-/m0/s1. The van der Waals surface area contributed by atoms with Crippen LogP contribution in [0.1, 0.15) is 11.1 Å². The van der Waals surface area contributed by atoms with E-state index in [-0.39, 0.29) is 18.4 Å². The largest absolute Gasteiger partial charge is 0.368 e. The smallest absolute Gasteiger partial charge is 0.240 e. The zero-order valence-corrected chi connectivity index (χ0v) is 13.3. The summed E-state index contributed by atoms with van der Waals surface area (Å²) in [5.74, 6) is -2.86. The van der Waals surface area contributed by atoms with Gasteiger partial charge in [-0.25, -0.2) is 8.78 Å². The molecule has 0 aliphatic carbocycles. The third-order valence-electron chi connectivity index (χ3n) is 3.37. The van der Waals surface area contributed by atoms with Crippen LogP contribution in [0.15, 0.2) is 42.5 Å². The molecule has 7 heteroatoms. The highest BCUT2D eigenvalue weighted by molar-refractivity contribution is 6.30. The van der Waals surface area contributed by atoms with Crippen LogP contribution in [0.5, 0.6) is 0 Å². The summed E-state index contributed by atoms with van der Waals surface area (Å²) in [5.41, 5.74) is 6.05. The number of nitrogens with two attached hydrogens (primary N) is 1. The Morgan fingerprint density at radius 1 is 1.17 bits per heavy atom. The highest BCUT2D eigenvalue weighted by Crippen LogP contribution is 2.13. The van der Waals surface area contributed by atoms with Crippen molar-refractivity contribution >= 4 is 23.4 Å². The van der Waals surface area contributed by atoms with Crippen molar-refractivity contribution < 1.29 is 18.4 Å². The van der Waals surface area contributed by atoms with Crippen LogP contribution in [0.3, 0.4) is 0 Å². The summed E-state index contributed by atoms with van der Waals surface area (Å²) in [4.78, 5) is 23.6. The number of carbonyl (C=O) groups excluding carboxylic acids is 2. The van der Waals surface area contributed by atoms with Crippen molar-refractivity contribution in [2.75, 3.05) is 0 Å². The van der Waals surface area contributed by atoms with Crippen LogP contribution in [0.2, 0.25) is 5.02 Å². The fourth-order valence-electron chi connectivity index (χ4n) is 2.21. The summed E-state index contributed by atoms with van der Waals surface area (Å²) < 4.78 is 26.4. The number of carbonyl (C=O) groups is 2. The minimum absolute atomic E-state index is 0.0277. The fourth-order valence-corrected chi connectivity index (χ4v) is 2.42. The molecule has 2 aromatic carbocycles. The van der Waals surface area contributed by atoms with Gasteiger partial charge in [0.25, 0.3) is 0 Å². The zero-order chi connectivity index (χ0) is 17.7. The lowest BCUT2D eigenvalue weighted by Crippen LogP contribution is -2.46. The molecule has 0 aliphatic rings. The van der Waals surface area contributed by atoms with Crippen molar-refractivity contribution in [2.45, 2.75) is 18.9 Å². The number of primary amides is 1. The Balaban J connectivity index is 2.04.